The summed E-state index contributed by atoms with van der Waals surface area (Å²) in [5.41, 5.74) is 0.336. The highest BCUT2D eigenvalue weighted by Crippen LogP contribution is 2.57. The largest absolute Gasteiger partial charge is 0.586 e. The normalized spacial score (nSPS) is 33.3. The summed E-state index contributed by atoms with van der Waals surface area (Å²) in [5.74, 6) is -0.283. The fourth-order valence-electron chi connectivity index (χ4n) is 4.44. The van der Waals surface area contributed by atoms with Crippen LogP contribution in [-0.2, 0) is 10.2 Å². The van der Waals surface area contributed by atoms with E-state index in [-0.39, 0.29) is 17.4 Å². The average molecular weight is 427 g/mol. The lowest BCUT2D eigenvalue weighted by Crippen LogP contribution is -2.52. The highest BCUT2D eigenvalue weighted by Gasteiger charge is 2.55. The third kappa shape index (κ3) is 2.00. The first-order valence-corrected chi connectivity index (χ1v) is 8.98. The zero-order chi connectivity index (χ0) is 18.3. The molecule has 1 saturated carbocycles. The molecule has 0 atom stereocenters. The Bertz CT molecular complexity index is 906. The summed E-state index contributed by atoms with van der Waals surface area (Å²) < 4.78 is 36.8. The molecule has 4 aliphatic rings. The van der Waals surface area contributed by atoms with Gasteiger partial charge in [0.15, 0.2) is 11.5 Å². The first-order chi connectivity index (χ1) is 12.2. The number of rotatable bonds is 0. The minimum Gasteiger partial charge on any atom is -0.395 e. The average Bonchev–Trinajstić information content (AvgIpc) is 3.10. The van der Waals surface area contributed by atoms with Crippen LogP contribution in [0.15, 0.2) is 16.6 Å². The van der Waals surface area contributed by atoms with Gasteiger partial charge in [0.2, 0.25) is 0 Å². The molecular formula is C17H13BrF2N2O4. The van der Waals surface area contributed by atoms with Crippen LogP contribution in [-0.4, -0.2) is 23.8 Å². The number of carbonyl (C=O) groups is 2. The molecule has 2 heterocycles. The summed E-state index contributed by atoms with van der Waals surface area (Å²) in [6.45, 7) is 0. The van der Waals surface area contributed by atoms with Gasteiger partial charge in [-0.1, -0.05) is 15.9 Å². The predicted molar refractivity (Wildman–Crippen MR) is 89.1 cm³/mol. The van der Waals surface area contributed by atoms with Crippen molar-refractivity contribution in [2.24, 2.45) is 0 Å². The number of nitrogens with one attached hydrogen (secondary N) is 2. The summed E-state index contributed by atoms with van der Waals surface area (Å²) in [6, 6.07) is 2.68. The van der Waals surface area contributed by atoms with Gasteiger partial charge in [0.1, 0.15) is 5.54 Å². The molecule has 0 unspecified atom stereocenters. The topological polar surface area (TPSA) is 76.7 Å². The molecule has 6 nitrogen and oxygen atoms in total. The Hall–Kier alpha value is -2.16. The van der Waals surface area contributed by atoms with Crippen LogP contribution in [0.1, 0.15) is 36.8 Å². The Morgan fingerprint density at radius 3 is 2.31 bits per heavy atom. The van der Waals surface area contributed by atoms with Gasteiger partial charge in [0.05, 0.1) is 0 Å². The van der Waals surface area contributed by atoms with E-state index in [1.54, 1.807) is 12.1 Å². The van der Waals surface area contributed by atoms with Crippen LogP contribution in [0.3, 0.4) is 0 Å². The molecule has 1 aromatic carbocycles. The minimum absolute atomic E-state index is 0.0101. The second kappa shape index (κ2) is 4.76. The van der Waals surface area contributed by atoms with E-state index in [0.717, 1.165) is 15.6 Å². The number of amides is 3. The Morgan fingerprint density at radius 2 is 1.69 bits per heavy atom. The summed E-state index contributed by atoms with van der Waals surface area (Å²) >= 11 is 3.62. The zero-order valence-corrected chi connectivity index (χ0v) is 14.9. The van der Waals surface area contributed by atoms with Crippen molar-refractivity contribution in [3.8, 4) is 11.5 Å². The molecule has 2 spiro atoms. The molecule has 1 aromatic rings. The lowest BCUT2D eigenvalue weighted by Gasteiger charge is -2.42. The highest BCUT2D eigenvalue weighted by atomic mass is 79.9. The van der Waals surface area contributed by atoms with E-state index >= 15 is 0 Å². The second-order valence-electron chi connectivity index (χ2n) is 7.12. The number of imide groups is 1. The van der Waals surface area contributed by atoms with Crippen molar-refractivity contribution in [2.75, 3.05) is 0 Å². The van der Waals surface area contributed by atoms with Gasteiger partial charge in [-0.25, -0.2) is 4.79 Å². The molecule has 2 aliphatic carbocycles. The number of allylic oxidation sites excluding steroid dienone is 1. The van der Waals surface area contributed by atoms with Crippen LogP contribution in [0.4, 0.5) is 13.6 Å². The van der Waals surface area contributed by atoms with E-state index in [0.29, 0.717) is 25.7 Å². The number of fused-ring (bicyclic) bond motifs is 3. The maximum absolute atomic E-state index is 13.4. The molecule has 2 aliphatic heterocycles. The van der Waals surface area contributed by atoms with E-state index in [1.807, 2.05) is 6.08 Å². The Kier molecular flexibility index (Phi) is 2.94. The second-order valence-corrected chi connectivity index (χ2v) is 7.97. The first kappa shape index (κ1) is 16.0. The van der Waals surface area contributed by atoms with Crippen LogP contribution < -0.4 is 20.1 Å². The third-order valence-corrected chi connectivity index (χ3v) is 6.79. The lowest BCUT2D eigenvalue weighted by atomic mass is 9.65. The number of urea groups is 1. The molecule has 9 heteroatoms. The minimum atomic E-state index is -3.66. The quantitative estimate of drug-likeness (QED) is 0.624. The summed E-state index contributed by atoms with van der Waals surface area (Å²) in [7, 11) is 0. The van der Waals surface area contributed by atoms with E-state index < -0.39 is 23.3 Å². The predicted octanol–water partition coefficient (Wildman–Crippen LogP) is 3.15. The highest BCUT2D eigenvalue weighted by molar-refractivity contribution is 9.11. The summed E-state index contributed by atoms with van der Waals surface area (Å²) in [4.78, 5) is 23.7. The van der Waals surface area contributed by atoms with Crippen LogP contribution in [0.2, 0.25) is 0 Å². The van der Waals surface area contributed by atoms with E-state index in [1.165, 1.54) is 0 Å². The molecule has 136 valence electrons. The first-order valence-electron chi connectivity index (χ1n) is 8.19. The molecular weight excluding hydrogens is 414 g/mol. The fraction of sp³-hybridized carbons (Fsp3) is 0.412. The maximum atomic E-state index is 13.4. The van der Waals surface area contributed by atoms with Gasteiger partial charge in [0, 0.05) is 9.90 Å². The van der Waals surface area contributed by atoms with Gasteiger partial charge in [-0.05, 0) is 55.0 Å². The molecule has 5 rings (SSSR count). The lowest BCUT2D eigenvalue weighted by molar-refractivity contribution is -0.286. The Labute approximate surface area is 155 Å². The molecule has 2 N–H and O–H groups in total. The SMILES string of the molecule is O=C1NC(=O)C2(CCC3(CC2)C(Br)=Cc2cc4c(cc23)OC(F)(F)O4)N1. The van der Waals surface area contributed by atoms with Gasteiger partial charge < -0.3 is 14.8 Å². The molecule has 0 aromatic heterocycles. The summed E-state index contributed by atoms with van der Waals surface area (Å²) in [5, 5.41) is 5.03. The van der Waals surface area contributed by atoms with Gasteiger partial charge in [0.25, 0.3) is 5.91 Å². The van der Waals surface area contributed by atoms with Crippen molar-refractivity contribution in [3.63, 3.8) is 0 Å². The maximum Gasteiger partial charge on any atom is 0.586 e. The standard InChI is InChI=1S/C17H13BrF2N2O4/c18-12-6-8-5-10-11(26-17(19,20)25-10)7-9(8)15(12)1-3-16(4-2-15)13(23)21-14(24)22-16/h5-7H,1-4H2,(H2,21,22,23,24). The van der Waals surface area contributed by atoms with Crippen LogP contribution >= 0.6 is 15.9 Å². The van der Waals surface area contributed by atoms with E-state index in [9.17, 15) is 18.4 Å². The monoisotopic (exact) mass is 426 g/mol. The van der Waals surface area contributed by atoms with Crippen molar-refractivity contribution < 1.29 is 27.8 Å². The smallest absolute Gasteiger partial charge is 0.395 e. The van der Waals surface area contributed by atoms with Crippen molar-refractivity contribution in [1.29, 1.82) is 0 Å². The molecule has 0 bridgehead atoms. The van der Waals surface area contributed by atoms with Crippen LogP contribution in [0, 0.1) is 0 Å². The van der Waals surface area contributed by atoms with E-state index in [4.69, 9.17) is 0 Å². The van der Waals surface area contributed by atoms with Crippen molar-refractivity contribution in [1.82, 2.24) is 10.6 Å². The van der Waals surface area contributed by atoms with Crippen LogP contribution in [0.5, 0.6) is 11.5 Å². The Morgan fingerprint density at radius 1 is 1.04 bits per heavy atom. The number of carbonyl (C=O) groups excluding carboxylic acids is 2. The van der Waals surface area contributed by atoms with Gasteiger partial charge in [-0.2, -0.15) is 0 Å². The molecule has 3 amide bonds. The fourth-order valence-corrected chi connectivity index (χ4v) is 5.30. The van der Waals surface area contributed by atoms with E-state index in [2.05, 4.69) is 36.0 Å². The van der Waals surface area contributed by atoms with Crippen molar-refractivity contribution in [2.45, 2.75) is 42.9 Å². The number of benzene rings is 1. The number of alkyl halides is 2. The van der Waals surface area contributed by atoms with Crippen LogP contribution in [0.25, 0.3) is 6.08 Å². The number of hydrogen-bond acceptors (Lipinski definition) is 4. The van der Waals surface area contributed by atoms with Crippen molar-refractivity contribution in [3.05, 3.63) is 27.7 Å². The molecule has 0 radical (unpaired) electrons. The van der Waals surface area contributed by atoms with Gasteiger partial charge in [-0.15, -0.1) is 8.78 Å². The molecule has 2 fully saturated rings. The molecule has 26 heavy (non-hydrogen) atoms. The van der Waals surface area contributed by atoms with Crippen molar-refractivity contribution >= 4 is 33.9 Å². The van der Waals surface area contributed by atoms with Gasteiger partial charge >= 0.3 is 12.3 Å². The number of hydrogen-bond donors (Lipinski definition) is 2. The molecule has 1 saturated heterocycles. The number of ether oxygens (including phenoxy) is 2. The zero-order valence-electron chi connectivity index (χ0n) is 13.3. The Balaban J connectivity index is 1.51. The van der Waals surface area contributed by atoms with Gasteiger partial charge in [-0.3, -0.25) is 10.1 Å². The summed E-state index contributed by atoms with van der Waals surface area (Å²) in [6.07, 6.45) is 0.311. The third-order valence-electron chi connectivity index (χ3n) is 5.80. The number of halogens is 3.